The van der Waals surface area contributed by atoms with Crippen LogP contribution in [-0.4, -0.2) is 9.97 Å². The van der Waals surface area contributed by atoms with Crippen LogP contribution in [0, 0.1) is 15.2 Å². The van der Waals surface area contributed by atoms with Crippen LogP contribution >= 0.6 is 34.4 Å². The number of benzene rings is 1. The number of aromatic nitrogens is 2. The molecular weight excluding hydrogens is 375 g/mol. The first-order chi connectivity index (χ1) is 8.49. The minimum atomic E-state index is -0.782. The van der Waals surface area contributed by atoms with Gasteiger partial charge in [-0.15, -0.1) is 0 Å². The van der Waals surface area contributed by atoms with Crippen molar-refractivity contribution in [1.82, 2.24) is 9.97 Å². The number of hydrogen-bond acceptors (Lipinski definition) is 4. The lowest BCUT2D eigenvalue weighted by molar-refractivity contribution is 0.541. The summed E-state index contributed by atoms with van der Waals surface area (Å²) in [6.45, 7) is 0. The average Bonchev–Trinajstić information content (AvgIpc) is 2.28. The Morgan fingerprint density at radius 3 is 2.56 bits per heavy atom. The molecule has 0 aliphatic carbocycles. The maximum atomic E-state index is 13.6. The van der Waals surface area contributed by atoms with Crippen molar-refractivity contribution in [3.8, 4) is 0 Å². The molecule has 0 radical (unpaired) electrons. The highest BCUT2D eigenvalue weighted by Crippen LogP contribution is 2.33. The van der Waals surface area contributed by atoms with Crippen LogP contribution in [0.4, 0.5) is 14.5 Å². The average molecular weight is 381 g/mol. The number of nitrogens with zero attached hydrogens (tertiary/aromatic N) is 1. The number of H-pyrrole nitrogens is 1. The van der Waals surface area contributed by atoms with E-state index in [-0.39, 0.29) is 24.7 Å². The first-order valence-electron chi connectivity index (χ1n) is 4.64. The Balaban J connectivity index is 2.47. The molecule has 3 N–H and O–H groups in total. The van der Waals surface area contributed by atoms with E-state index in [4.69, 9.17) is 5.73 Å². The topological polar surface area (TPSA) is 71.8 Å². The molecule has 2 rings (SSSR count). The molecule has 18 heavy (non-hydrogen) atoms. The van der Waals surface area contributed by atoms with Crippen molar-refractivity contribution in [3.63, 3.8) is 0 Å². The number of hydrogen-bond donors (Lipinski definition) is 2. The molecule has 0 fully saturated rings. The number of rotatable bonds is 2. The van der Waals surface area contributed by atoms with Crippen molar-refractivity contribution in [2.45, 2.75) is 9.92 Å². The summed E-state index contributed by atoms with van der Waals surface area (Å²) in [4.78, 5) is 17.3. The maximum Gasteiger partial charge on any atom is 0.265 e. The predicted octanol–water partition coefficient (Wildman–Crippen LogP) is 2.39. The van der Waals surface area contributed by atoms with Gasteiger partial charge in [0.05, 0.1) is 11.2 Å². The lowest BCUT2D eigenvalue weighted by atomic mass is 10.3. The fourth-order valence-electron chi connectivity index (χ4n) is 1.21. The first kappa shape index (κ1) is 13.3. The van der Waals surface area contributed by atoms with Gasteiger partial charge in [-0.25, -0.2) is 13.8 Å². The van der Waals surface area contributed by atoms with Crippen LogP contribution in [0.25, 0.3) is 0 Å². The zero-order valence-corrected chi connectivity index (χ0v) is 11.7. The van der Waals surface area contributed by atoms with Gasteiger partial charge in [0.15, 0.2) is 0 Å². The van der Waals surface area contributed by atoms with Crippen LogP contribution in [0.2, 0.25) is 0 Å². The Hall–Kier alpha value is -1.16. The minimum Gasteiger partial charge on any atom is -0.399 e. The molecule has 0 atom stereocenters. The third-order valence-corrected chi connectivity index (χ3v) is 4.45. The normalized spacial score (nSPS) is 10.6. The van der Waals surface area contributed by atoms with Crippen molar-refractivity contribution >= 4 is 40.0 Å². The molecule has 94 valence electrons. The fraction of sp³-hybridized carbons (Fsp3) is 0. The Bertz CT molecular complexity index is 639. The molecule has 0 saturated heterocycles. The van der Waals surface area contributed by atoms with Gasteiger partial charge in [-0.3, -0.25) is 4.79 Å². The molecule has 0 amide bonds. The van der Waals surface area contributed by atoms with Gasteiger partial charge in [-0.2, -0.15) is 0 Å². The summed E-state index contributed by atoms with van der Waals surface area (Å²) in [5.41, 5.74) is 4.96. The Labute approximate surface area is 118 Å². The molecule has 4 nitrogen and oxygen atoms in total. The van der Waals surface area contributed by atoms with E-state index in [1.54, 1.807) is 22.6 Å². The molecule has 1 aromatic carbocycles. The molecule has 1 heterocycles. The van der Waals surface area contributed by atoms with E-state index in [0.29, 0.717) is 0 Å². The van der Waals surface area contributed by atoms with E-state index < -0.39 is 11.6 Å². The number of nitrogens with two attached hydrogens (primary N) is 1. The Morgan fingerprint density at radius 2 is 1.94 bits per heavy atom. The molecule has 0 saturated carbocycles. The highest BCUT2D eigenvalue weighted by Gasteiger charge is 2.15. The van der Waals surface area contributed by atoms with Crippen LogP contribution < -0.4 is 11.3 Å². The van der Waals surface area contributed by atoms with Crippen LogP contribution in [-0.2, 0) is 0 Å². The SMILES string of the molecule is Nc1cc(F)c(Sc2nc[nH]c(=O)c2I)c(F)c1. The maximum absolute atomic E-state index is 13.6. The van der Waals surface area contributed by atoms with Gasteiger partial charge in [0.1, 0.15) is 20.2 Å². The van der Waals surface area contributed by atoms with E-state index in [1.165, 1.54) is 6.33 Å². The molecule has 0 aliphatic heterocycles. The van der Waals surface area contributed by atoms with Crippen molar-refractivity contribution in [2.75, 3.05) is 5.73 Å². The lowest BCUT2D eigenvalue weighted by Gasteiger charge is -2.06. The smallest absolute Gasteiger partial charge is 0.265 e. The summed E-state index contributed by atoms with van der Waals surface area (Å²) in [6.07, 6.45) is 1.18. The van der Waals surface area contributed by atoms with Crippen molar-refractivity contribution in [3.05, 3.63) is 44.0 Å². The van der Waals surface area contributed by atoms with Gasteiger partial charge in [-0.05, 0) is 34.7 Å². The lowest BCUT2D eigenvalue weighted by Crippen LogP contribution is -2.11. The van der Waals surface area contributed by atoms with Crippen molar-refractivity contribution < 1.29 is 8.78 Å². The van der Waals surface area contributed by atoms with E-state index in [2.05, 4.69) is 9.97 Å². The number of anilines is 1. The second-order valence-electron chi connectivity index (χ2n) is 3.27. The summed E-state index contributed by atoms with van der Waals surface area (Å²) >= 11 is 2.51. The predicted molar refractivity (Wildman–Crippen MR) is 72.5 cm³/mol. The molecule has 8 heteroatoms. The zero-order valence-electron chi connectivity index (χ0n) is 8.71. The van der Waals surface area contributed by atoms with Crippen LogP contribution in [0.15, 0.2) is 33.2 Å². The summed E-state index contributed by atoms with van der Waals surface area (Å²) in [6, 6.07) is 2.04. The number of halogens is 3. The van der Waals surface area contributed by atoms with Crippen LogP contribution in [0.5, 0.6) is 0 Å². The number of nitrogen functional groups attached to an aromatic ring is 1. The molecule has 2 aromatic rings. The Kier molecular flexibility index (Phi) is 3.85. The standard InChI is InChI=1S/C10H6F2IN3OS/c11-5-1-4(14)2-6(12)8(5)18-10-7(13)9(17)15-3-16-10/h1-3H,14H2,(H,15,16,17). The van der Waals surface area contributed by atoms with Gasteiger partial charge in [0.25, 0.3) is 5.56 Å². The van der Waals surface area contributed by atoms with Gasteiger partial charge < -0.3 is 10.7 Å². The largest absolute Gasteiger partial charge is 0.399 e. The molecular formula is C10H6F2IN3OS. The summed E-state index contributed by atoms with van der Waals surface area (Å²) in [5, 5.41) is 0.238. The zero-order chi connectivity index (χ0) is 13.3. The molecule has 0 spiro atoms. The number of nitrogens with one attached hydrogen (secondary N) is 1. The monoisotopic (exact) mass is 381 g/mol. The minimum absolute atomic E-state index is 0.00270. The highest BCUT2D eigenvalue weighted by molar-refractivity contribution is 14.1. The fourth-order valence-corrected chi connectivity index (χ4v) is 2.63. The van der Waals surface area contributed by atoms with Crippen LogP contribution in [0.1, 0.15) is 0 Å². The van der Waals surface area contributed by atoms with Crippen molar-refractivity contribution in [1.29, 1.82) is 0 Å². The third-order valence-electron chi connectivity index (χ3n) is 1.98. The third kappa shape index (κ3) is 2.64. The second kappa shape index (κ2) is 5.22. The van der Waals surface area contributed by atoms with E-state index >= 15 is 0 Å². The van der Waals surface area contributed by atoms with E-state index in [0.717, 1.165) is 23.9 Å². The molecule has 0 unspecified atom stereocenters. The molecule has 1 aromatic heterocycles. The first-order valence-corrected chi connectivity index (χ1v) is 6.54. The summed E-state index contributed by atoms with van der Waals surface area (Å²) < 4.78 is 27.4. The summed E-state index contributed by atoms with van der Waals surface area (Å²) in [7, 11) is 0. The van der Waals surface area contributed by atoms with Gasteiger partial charge in [-0.1, -0.05) is 11.8 Å². The van der Waals surface area contributed by atoms with Gasteiger partial charge >= 0.3 is 0 Å². The van der Waals surface area contributed by atoms with Gasteiger partial charge in [0.2, 0.25) is 0 Å². The Morgan fingerprint density at radius 1 is 1.33 bits per heavy atom. The molecule has 0 bridgehead atoms. The quantitative estimate of drug-likeness (QED) is 0.476. The van der Waals surface area contributed by atoms with Crippen LogP contribution in [0.3, 0.4) is 0 Å². The molecule has 0 aliphatic rings. The van der Waals surface area contributed by atoms with E-state index in [1.807, 2.05) is 0 Å². The van der Waals surface area contributed by atoms with Gasteiger partial charge in [0, 0.05) is 5.69 Å². The second-order valence-corrected chi connectivity index (χ2v) is 5.34. The number of aromatic amines is 1. The van der Waals surface area contributed by atoms with Crippen molar-refractivity contribution in [2.24, 2.45) is 0 Å². The van der Waals surface area contributed by atoms with E-state index in [9.17, 15) is 13.6 Å². The highest BCUT2D eigenvalue weighted by atomic mass is 127. The summed E-state index contributed by atoms with van der Waals surface area (Å²) in [5.74, 6) is -1.56.